The van der Waals surface area contributed by atoms with E-state index in [0.29, 0.717) is 18.9 Å². The monoisotopic (exact) mass is 296 g/mol. The van der Waals surface area contributed by atoms with Gasteiger partial charge in [-0.1, -0.05) is 32.6 Å². The number of nitrogens with one attached hydrogen (secondary N) is 1. The molecule has 0 spiro atoms. The van der Waals surface area contributed by atoms with Gasteiger partial charge in [0.15, 0.2) is 0 Å². The Balaban J connectivity index is 2.13. The zero-order chi connectivity index (χ0) is 15.5. The van der Waals surface area contributed by atoms with Gasteiger partial charge in [0.25, 0.3) is 0 Å². The first-order valence-electron chi connectivity index (χ1n) is 7.56. The third-order valence-corrected chi connectivity index (χ3v) is 3.13. The number of hydrogen-bond donors (Lipinski definition) is 2. The minimum absolute atomic E-state index is 0.111. The van der Waals surface area contributed by atoms with Crippen LogP contribution >= 0.6 is 0 Å². The molecule has 1 rings (SSSR count). The molecular weight excluding hydrogens is 271 g/mol. The van der Waals surface area contributed by atoms with E-state index in [2.05, 4.69) is 12.2 Å². The Labute approximate surface area is 125 Å². The molecule has 1 aromatic rings. The highest BCUT2D eigenvalue weighted by atomic mass is 19.1. The van der Waals surface area contributed by atoms with E-state index < -0.39 is 5.82 Å². The summed E-state index contributed by atoms with van der Waals surface area (Å²) in [6.45, 7) is 3.20. The molecule has 118 valence electrons. The molecule has 3 N–H and O–H groups in total. The number of benzene rings is 1. The Kier molecular flexibility index (Phi) is 8.43. The largest absolute Gasteiger partial charge is 0.399 e. The Bertz CT molecular complexity index is 438. The number of anilines is 2. The zero-order valence-corrected chi connectivity index (χ0v) is 12.7. The van der Waals surface area contributed by atoms with Crippen LogP contribution in [0.25, 0.3) is 0 Å². The number of halogens is 1. The molecule has 0 aliphatic carbocycles. The van der Waals surface area contributed by atoms with Crippen molar-refractivity contribution in [2.45, 2.75) is 45.4 Å². The van der Waals surface area contributed by atoms with Crippen LogP contribution in [0.3, 0.4) is 0 Å². The van der Waals surface area contributed by atoms with Crippen molar-refractivity contribution >= 4 is 17.3 Å². The SMILES string of the molecule is CCCCCCCOCCC(=O)Nc1cc(N)ccc1F. The summed E-state index contributed by atoms with van der Waals surface area (Å²) in [5, 5.41) is 2.50. The first-order chi connectivity index (χ1) is 10.1. The number of nitrogen functional groups attached to an aromatic ring is 1. The maximum atomic E-state index is 13.4. The van der Waals surface area contributed by atoms with Crippen LogP contribution in [-0.2, 0) is 9.53 Å². The smallest absolute Gasteiger partial charge is 0.226 e. The van der Waals surface area contributed by atoms with Gasteiger partial charge in [0.2, 0.25) is 5.91 Å². The molecule has 0 heterocycles. The second kappa shape index (κ2) is 10.2. The van der Waals surface area contributed by atoms with Crippen LogP contribution in [0.1, 0.15) is 45.4 Å². The molecule has 0 aromatic heterocycles. The van der Waals surface area contributed by atoms with Crippen molar-refractivity contribution in [2.75, 3.05) is 24.3 Å². The summed E-state index contributed by atoms with van der Waals surface area (Å²) in [7, 11) is 0. The standard InChI is InChI=1S/C16H25FN2O2/c1-2-3-4-5-6-10-21-11-9-16(20)19-15-12-13(18)7-8-14(15)17/h7-8,12H,2-6,9-11,18H2,1H3,(H,19,20). The normalized spacial score (nSPS) is 10.6. The Morgan fingerprint density at radius 2 is 2.00 bits per heavy atom. The third kappa shape index (κ3) is 7.66. The molecule has 5 heteroatoms. The molecule has 0 saturated heterocycles. The average molecular weight is 296 g/mol. The van der Waals surface area contributed by atoms with Gasteiger partial charge in [-0.3, -0.25) is 4.79 Å². The summed E-state index contributed by atoms with van der Waals surface area (Å²) in [5.41, 5.74) is 6.07. The van der Waals surface area contributed by atoms with Gasteiger partial charge in [0.1, 0.15) is 5.82 Å². The van der Waals surface area contributed by atoms with Crippen molar-refractivity contribution in [2.24, 2.45) is 0 Å². The van der Waals surface area contributed by atoms with Gasteiger partial charge in [-0.2, -0.15) is 0 Å². The summed E-state index contributed by atoms with van der Waals surface area (Å²) in [6.07, 6.45) is 6.11. The van der Waals surface area contributed by atoms with Gasteiger partial charge in [-0.05, 0) is 24.6 Å². The molecule has 1 amide bonds. The average Bonchev–Trinajstić information content (AvgIpc) is 2.46. The lowest BCUT2D eigenvalue weighted by molar-refractivity contribution is -0.117. The van der Waals surface area contributed by atoms with Crippen molar-refractivity contribution in [3.8, 4) is 0 Å². The molecule has 0 bridgehead atoms. The fourth-order valence-corrected chi connectivity index (χ4v) is 1.93. The van der Waals surface area contributed by atoms with Gasteiger partial charge in [-0.25, -0.2) is 4.39 Å². The Morgan fingerprint density at radius 3 is 2.76 bits per heavy atom. The number of amides is 1. The van der Waals surface area contributed by atoms with E-state index in [1.807, 2.05) is 0 Å². The maximum absolute atomic E-state index is 13.4. The van der Waals surface area contributed by atoms with E-state index in [1.165, 1.54) is 37.5 Å². The van der Waals surface area contributed by atoms with Crippen LogP contribution in [0.5, 0.6) is 0 Å². The number of carbonyl (C=O) groups excluding carboxylic acids is 1. The number of hydrogen-bond acceptors (Lipinski definition) is 3. The summed E-state index contributed by atoms with van der Waals surface area (Å²) in [4.78, 5) is 11.7. The van der Waals surface area contributed by atoms with Crippen LogP contribution in [0.2, 0.25) is 0 Å². The van der Waals surface area contributed by atoms with Crippen molar-refractivity contribution in [1.29, 1.82) is 0 Å². The summed E-state index contributed by atoms with van der Waals surface area (Å²) in [5.74, 6) is -0.764. The highest BCUT2D eigenvalue weighted by molar-refractivity contribution is 5.91. The van der Waals surface area contributed by atoms with E-state index >= 15 is 0 Å². The topological polar surface area (TPSA) is 64.3 Å². The first kappa shape index (κ1) is 17.4. The first-order valence-corrected chi connectivity index (χ1v) is 7.56. The van der Waals surface area contributed by atoms with E-state index in [9.17, 15) is 9.18 Å². The summed E-state index contributed by atoms with van der Waals surface area (Å²) in [6, 6.07) is 4.09. The molecule has 0 saturated carbocycles. The second-order valence-electron chi connectivity index (χ2n) is 5.06. The van der Waals surface area contributed by atoms with Crippen molar-refractivity contribution in [1.82, 2.24) is 0 Å². The third-order valence-electron chi connectivity index (χ3n) is 3.13. The predicted octanol–water partition coefficient (Wildman–Crippen LogP) is 3.72. The van der Waals surface area contributed by atoms with Crippen LogP contribution in [0, 0.1) is 5.82 Å². The molecule has 0 fully saturated rings. The fourth-order valence-electron chi connectivity index (χ4n) is 1.93. The predicted molar refractivity (Wildman–Crippen MR) is 83.6 cm³/mol. The lowest BCUT2D eigenvalue weighted by atomic mass is 10.2. The molecule has 0 aliphatic heterocycles. The zero-order valence-electron chi connectivity index (χ0n) is 12.7. The van der Waals surface area contributed by atoms with E-state index in [-0.39, 0.29) is 18.0 Å². The van der Waals surface area contributed by atoms with Crippen LogP contribution in [-0.4, -0.2) is 19.1 Å². The number of ether oxygens (including phenoxy) is 1. The second-order valence-corrected chi connectivity index (χ2v) is 5.06. The van der Waals surface area contributed by atoms with Gasteiger partial charge in [0.05, 0.1) is 18.7 Å². The molecule has 4 nitrogen and oxygen atoms in total. The van der Waals surface area contributed by atoms with Crippen LogP contribution < -0.4 is 11.1 Å². The Morgan fingerprint density at radius 1 is 1.24 bits per heavy atom. The molecule has 21 heavy (non-hydrogen) atoms. The lowest BCUT2D eigenvalue weighted by Gasteiger charge is -2.08. The molecule has 0 aliphatic rings. The number of carbonyl (C=O) groups is 1. The van der Waals surface area contributed by atoms with Gasteiger partial charge in [0, 0.05) is 12.3 Å². The van der Waals surface area contributed by atoms with Gasteiger partial charge >= 0.3 is 0 Å². The highest BCUT2D eigenvalue weighted by Gasteiger charge is 2.07. The van der Waals surface area contributed by atoms with E-state index in [0.717, 1.165) is 12.8 Å². The molecule has 0 unspecified atom stereocenters. The van der Waals surface area contributed by atoms with Crippen molar-refractivity contribution in [3.63, 3.8) is 0 Å². The minimum Gasteiger partial charge on any atom is -0.399 e. The van der Waals surface area contributed by atoms with Gasteiger partial charge < -0.3 is 15.8 Å². The fraction of sp³-hybridized carbons (Fsp3) is 0.562. The minimum atomic E-state index is -0.491. The van der Waals surface area contributed by atoms with E-state index in [1.54, 1.807) is 0 Å². The van der Waals surface area contributed by atoms with Crippen LogP contribution in [0.4, 0.5) is 15.8 Å². The molecule has 1 aromatic carbocycles. The van der Waals surface area contributed by atoms with Gasteiger partial charge in [-0.15, -0.1) is 0 Å². The highest BCUT2D eigenvalue weighted by Crippen LogP contribution is 2.17. The lowest BCUT2D eigenvalue weighted by Crippen LogP contribution is -2.15. The number of rotatable bonds is 10. The molecule has 0 radical (unpaired) electrons. The summed E-state index contributed by atoms with van der Waals surface area (Å²) >= 11 is 0. The van der Waals surface area contributed by atoms with Crippen LogP contribution in [0.15, 0.2) is 18.2 Å². The summed E-state index contributed by atoms with van der Waals surface area (Å²) < 4.78 is 18.8. The molecular formula is C16H25FN2O2. The Hall–Kier alpha value is -1.62. The van der Waals surface area contributed by atoms with E-state index in [4.69, 9.17) is 10.5 Å². The molecule has 0 atom stereocenters. The maximum Gasteiger partial charge on any atom is 0.226 e. The van der Waals surface area contributed by atoms with Crippen molar-refractivity contribution in [3.05, 3.63) is 24.0 Å². The number of unbranched alkanes of at least 4 members (excludes halogenated alkanes) is 4. The van der Waals surface area contributed by atoms with Crippen molar-refractivity contribution < 1.29 is 13.9 Å². The number of nitrogens with two attached hydrogens (primary N) is 1. The quantitative estimate of drug-likeness (QED) is 0.511.